The number of hydrogen-bond donors (Lipinski definition) is 0. The van der Waals surface area contributed by atoms with E-state index in [-0.39, 0.29) is 0 Å². The molecule has 298 valence electrons. The molecule has 0 aliphatic carbocycles. The van der Waals surface area contributed by atoms with E-state index in [4.69, 9.17) is 0 Å². The summed E-state index contributed by atoms with van der Waals surface area (Å²) >= 11 is 0. The Balaban J connectivity index is 1.21. The summed E-state index contributed by atoms with van der Waals surface area (Å²) < 4.78 is 2.39. The van der Waals surface area contributed by atoms with E-state index in [0.717, 1.165) is 33.9 Å². The number of nitrogens with zero attached hydrogens (tertiary/aromatic N) is 2. The first-order valence-electron chi connectivity index (χ1n) is 21.2. The zero-order valence-electron chi connectivity index (χ0n) is 35.2. The lowest BCUT2D eigenvalue weighted by Crippen LogP contribution is -2.10. The van der Waals surface area contributed by atoms with Crippen LogP contribution < -0.4 is 4.90 Å². The SMILES string of the molecule is C=C/C=C\C=C(/C)c1ccc(N(c2ccc(-c3cccc(-c4ccccc4)c3)cc2)c2cccc(-c3c(/C=C\C=C/C)ccc4c3c3ccccc3n4-c3ccccc3)c2)cc1. The molecule has 1 aromatic heterocycles. The summed E-state index contributed by atoms with van der Waals surface area (Å²) in [5.41, 5.74) is 17.4. The molecule has 0 unspecified atom stereocenters. The molecule has 9 aromatic rings. The van der Waals surface area contributed by atoms with Gasteiger partial charge in [0.2, 0.25) is 0 Å². The van der Waals surface area contributed by atoms with Gasteiger partial charge in [0.15, 0.2) is 0 Å². The molecule has 2 nitrogen and oxygen atoms in total. The standard InChI is InChI=1S/C60H48N2/c1-4-6-10-20-44(3)45-32-37-53(38-33-45)61(54-39-34-47(35-40-54)50-25-18-24-49(42-50)46-21-12-8-13-22-46)55-29-19-26-51(43-55)59-48(23-11-7-5-2)36-41-58-60(59)56-30-16-17-31-57(56)62(58)52-27-14-9-15-28-52/h4-43H,1H2,2-3H3/b7-5-,10-6-,23-11-,44-20+. The van der Waals surface area contributed by atoms with Crippen molar-refractivity contribution in [2.24, 2.45) is 0 Å². The molecule has 0 atom stereocenters. The molecule has 1 heterocycles. The fraction of sp³-hybridized carbons (Fsp3) is 0.0333. The molecule has 0 spiro atoms. The van der Waals surface area contributed by atoms with E-state index in [1.165, 1.54) is 60.8 Å². The molecular weight excluding hydrogens is 749 g/mol. The van der Waals surface area contributed by atoms with Gasteiger partial charge < -0.3 is 9.47 Å². The summed E-state index contributed by atoms with van der Waals surface area (Å²) in [7, 11) is 0. The summed E-state index contributed by atoms with van der Waals surface area (Å²) in [5.74, 6) is 0. The average molecular weight is 797 g/mol. The minimum Gasteiger partial charge on any atom is -0.310 e. The third-order valence-electron chi connectivity index (χ3n) is 11.5. The van der Waals surface area contributed by atoms with Crippen LogP contribution in [0.25, 0.3) is 72.5 Å². The van der Waals surface area contributed by atoms with Gasteiger partial charge in [-0.15, -0.1) is 0 Å². The highest BCUT2D eigenvalue weighted by Gasteiger charge is 2.20. The normalized spacial score (nSPS) is 12.0. The first-order valence-corrected chi connectivity index (χ1v) is 21.2. The Hall–Kier alpha value is -7.94. The van der Waals surface area contributed by atoms with Crippen molar-refractivity contribution >= 4 is 50.5 Å². The van der Waals surface area contributed by atoms with Gasteiger partial charge in [-0.3, -0.25) is 0 Å². The monoisotopic (exact) mass is 796 g/mol. The Labute approximate surface area is 365 Å². The van der Waals surface area contributed by atoms with Crippen molar-refractivity contribution in [3.05, 3.63) is 254 Å². The maximum absolute atomic E-state index is 3.82. The van der Waals surface area contributed by atoms with Crippen molar-refractivity contribution in [3.8, 4) is 39.1 Å². The predicted molar refractivity (Wildman–Crippen MR) is 269 cm³/mol. The zero-order chi connectivity index (χ0) is 42.3. The van der Waals surface area contributed by atoms with E-state index in [2.05, 4.69) is 254 Å². The minimum atomic E-state index is 1.07. The molecule has 0 N–H and O–H groups in total. The zero-order valence-corrected chi connectivity index (χ0v) is 35.2. The van der Waals surface area contributed by atoms with Crippen molar-refractivity contribution < 1.29 is 0 Å². The number of aromatic nitrogens is 1. The average Bonchev–Trinajstić information content (AvgIpc) is 3.67. The lowest BCUT2D eigenvalue weighted by atomic mass is 9.93. The van der Waals surface area contributed by atoms with E-state index in [1.807, 2.05) is 12.2 Å². The molecule has 0 saturated carbocycles. The molecule has 0 amide bonds. The maximum atomic E-state index is 3.82. The molecule has 9 rings (SSSR count). The van der Waals surface area contributed by atoms with Gasteiger partial charge >= 0.3 is 0 Å². The third-order valence-corrected chi connectivity index (χ3v) is 11.5. The second-order valence-corrected chi connectivity index (χ2v) is 15.4. The molecule has 0 radical (unpaired) electrons. The summed E-state index contributed by atoms with van der Waals surface area (Å²) in [4.78, 5) is 2.37. The third kappa shape index (κ3) is 8.02. The second kappa shape index (κ2) is 18.1. The maximum Gasteiger partial charge on any atom is 0.0547 e. The van der Waals surface area contributed by atoms with E-state index in [1.54, 1.807) is 6.08 Å². The van der Waals surface area contributed by atoms with Crippen LogP contribution in [0.15, 0.2) is 243 Å². The second-order valence-electron chi connectivity index (χ2n) is 15.4. The molecule has 0 saturated heterocycles. The summed E-state index contributed by atoms with van der Waals surface area (Å²) in [5, 5.41) is 2.45. The van der Waals surface area contributed by atoms with Crippen LogP contribution in [0.2, 0.25) is 0 Å². The molecule has 2 heteroatoms. The van der Waals surface area contributed by atoms with Crippen molar-refractivity contribution in [1.82, 2.24) is 4.57 Å². The summed E-state index contributed by atoms with van der Waals surface area (Å²) in [6.45, 7) is 8.02. The van der Waals surface area contributed by atoms with Crippen LogP contribution in [-0.2, 0) is 0 Å². The fourth-order valence-corrected chi connectivity index (χ4v) is 8.46. The van der Waals surface area contributed by atoms with Crippen molar-refractivity contribution in [3.63, 3.8) is 0 Å². The Bertz CT molecular complexity index is 3120. The smallest absolute Gasteiger partial charge is 0.0547 e. The lowest BCUT2D eigenvalue weighted by Gasteiger charge is -2.27. The van der Waals surface area contributed by atoms with Gasteiger partial charge in [0.05, 0.1) is 11.0 Å². The Morgan fingerprint density at radius 3 is 1.85 bits per heavy atom. The fourth-order valence-electron chi connectivity index (χ4n) is 8.46. The molecule has 62 heavy (non-hydrogen) atoms. The van der Waals surface area contributed by atoms with Crippen molar-refractivity contribution in [2.45, 2.75) is 13.8 Å². The van der Waals surface area contributed by atoms with Gasteiger partial charge in [-0.2, -0.15) is 0 Å². The van der Waals surface area contributed by atoms with Gasteiger partial charge in [0.1, 0.15) is 0 Å². The number of anilines is 3. The number of rotatable bonds is 12. The van der Waals surface area contributed by atoms with Crippen LogP contribution in [0, 0.1) is 0 Å². The first kappa shape index (κ1) is 39.5. The number of benzene rings is 8. The molecule has 0 fully saturated rings. The van der Waals surface area contributed by atoms with E-state index in [9.17, 15) is 0 Å². The molecule has 0 aliphatic rings. The highest BCUT2D eigenvalue weighted by Crippen LogP contribution is 2.44. The van der Waals surface area contributed by atoms with Gasteiger partial charge in [-0.25, -0.2) is 0 Å². The number of allylic oxidation sites excluding steroid dienone is 8. The van der Waals surface area contributed by atoms with Crippen LogP contribution in [0.5, 0.6) is 0 Å². The topological polar surface area (TPSA) is 8.17 Å². The van der Waals surface area contributed by atoms with Crippen LogP contribution in [-0.4, -0.2) is 4.57 Å². The Morgan fingerprint density at radius 2 is 1.13 bits per heavy atom. The molecular formula is C60H48N2. The summed E-state index contributed by atoms with van der Waals surface area (Å²) in [6.07, 6.45) is 16.4. The summed E-state index contributed by atoms with van der Waals surface area (Å²) in [6, 6.07) is 70.3. The van der Waals surface area contributed by atoms with Crippen LogP contribution in [0.4, 0.5) is 17.1 Å². The first-order chi connectivity index (χ1) is 30.6. The molecule has 0 bridgehead atoms. The van der Waals surface area contributed by atoms with E-state index in [0.29, 0.717) is 0 Å². The largest absolute Gasteiger partial charge is 0.310 e. The van der Waals surface area contributed by atoms with Crippen LogP contribution >= 0.6 is 0 Å². The Kier molecular flexibility index (Phi) is 11.6. The van der Waals surface area contributed by atoms with Crippen LogP contribution in [0.3, 0.4) is 0 Å². The van der Waals surface area contributed by atoms with Gasteiger partial charge in [-0.1, -0.05) is 183 Å². The number of fused-ring (bicyclic) bond motifs is 3. The van der Waals surface area contributed by atoms with Gasteiger partial charge in [0.25, 0.3) is 0 Å². The lowest BCUT2D eigenvalue weighted by molar-refractivity contribution is 1.18. The minimum absolute atomic E-state index is 1.07. The highest BCUT2D eigenvalue weighted by atomic mass is 15.1. The van der Waals surface area contributed by atoms with Crippen molar-refractivity contribution in [1.29, 1.82) is 0 Å². The predicted octanol–water partition coefficient (Wildman–Crippen LogP) is 17.0. The molecule has 0 aliphatic heterocycles. The van der Waals surface area contributed by atoms with Gasteiger partial charge in [0, 0.05) is 33.5 Å². The van der Waals surface area contributed by atoms with Gasteiger partial charge in [-0.05, 0) is 131 Å². The number of hydrogen-bond acceptors (Lipinski definition) is 1. The van der Waals surface area contributed by atoms with Crippen LogP contribution in [0.1, 0.15) is 25.0 Å². The number of para-hydroxylation sites is 2. The highest BCUT2D eigenvalue weighted by molar-refractivity contribution is 6.17. The quantitative estimate of drug-likeness (QED) is 0.112. The molecule has 8 aromatic carbocycles. The van der Waals surface area contributed by atoms with Crippen molar-refractivity contribution in [2.75, 3.05) is 4.90 Å². The van der Waals surface area contributed by atoms with E-state index >= 15 is 0 Å². The van der Waals surface area contributed by atoms with E-state index < -0.39 is 0 Å². The Morgan fingerprint density at radius 1 is 0.500 bits per heavy atom.